The molecule has 0 aliphatic heterocycles. The fourth-order valence-electron chi connectivity index (χ4n) is 1.50. The molecule has 1 aromatic carbocycles. The maximum atomic E-state index is 4.55. The van der Waals surface area contributed by atoms with E-state index in [0.717, 1.165) is 17.8 Å². The molecule has 82 valence electrons. The number of hydrogen-bond acceptors (Lipinski definition) is 2. The lowest BCUT2D eigenvalue weighted by atomic mass is 10.2. The molecule has 0 aliphatic rings. The highest BCUT2D eigenvalue weighted by Crippen LogP contribution is 2.14. The third-order valence-corrected chi connectivity index (χ3v) is 3.15. The third-order valence-electron chi connectivity index (χ3n) is 2.29. The van der Waals surface area contributed by atoms with Crippen LogP contribution in [0.2, 0.25) is 0 Å². The second kappa shape index (κ2) is 5.61. The minimum Gasteiger partial charge on any atom is -0.242 e. The number of rotatable bonds is 4. The van der Waals surface area contributed by atoms with Crippen LogP contribution in [-0.4, -0.2) is 4.98 Å². The van der Waals surface area contributed by atoms with E-state index >= 15 is 0 Å². The van der Waals surface area contributed by atoms with Crippen LogP contribution in [0, 0.1) is 0 Å². The molecule has 0 unspecified atom stereocenters. The van der Waals surface area contributed by atoms with Gasteiger partial charge in [-0.05, 0) is 18.1 Å². The fourth-order valence-corrected chi connectivity index (χ4v) is 2.25. The van der Waals surface area contributed by atoms with E-state index in [1.807, 2.05) is 18.2 Å². The number of nitrogens with zero attached hydrogens (tertiary/aromatic N) is 1. The Morgan fingerprint density at radius 2 is 2.00 bits per heavy atom. The molecule has 2 rings (SSSR count). The van der Waals surface area contributed by atoms with Crippen molar-refractivity contribution in [3.63, 3.8) is 0 Å². The van der Waals surface area contributed by atoms with Gasteiger partial charge in [0.2, 0.25) is 0 Å². The molecule has 1 aromatic heterocycles. The van der Waals surface area contributed by atoms with Gasteiger partial charge in [0.15, 0.2) is 0 Å². The van der Waals surface area contributed by atoms with E-state index in [1.165, 1.54) is 11.3 Å². The SMILES string of the molecule is CCCc1csc(C=Cc2ccccc2)n1. The van der Waals surface area contributed by atoms with E-state index in [1.54, 1.807) is 11.3 Å². The zero-order valence-electron chi connectivity index (χ0n) is 9.39. The van der Waals surface area contributed by atoms with Gasteiger partial charge in [-0.1, -0.05) is 49.8 Å². The van der Waals surface area contributed by atoms with Crippen molar-refractivity contribution in [1.29, 1.82) is 0 Å². The largest absolute Gasteiger partial charge is 0.242 e. The summed E-state index contributed by atoms with van der Waals surface area (Å²) in [6.07, 6.45) is 6.43. The van der Waals surface area contributed by atoms with Crippen LogP contribution in [-0.2, 0) is 6.42 Å². The molecule has 2 aromatic rings. The second-order valence-electron chi connectivity index (χ2n) is 3.67. The highest BCUT2D eigenvalue weighted by atomic mass is 32.1. The molecule has 0 atom stereocenters. The van der Waals surface area contributed by atoms with Gasteiger partial charge in [0.25, 0.3) is 0 Å². The van der Waals surface area contributed by atoms with Crippen molar-refractivity contribution in [2.24, 2.45) is 0 Å². The molecule has 0 bridgehead atoms. The molecule has 0 spiro atoms. The van der Waals surface area contributed by atoms with Gasteiger partial charge in [-0.15, -0.1) is 11.3 Å². The maximum Gasteiger partial charge on any atom is 0.116 e. The van der Waals surface area contributed by atoms with Crippen LogP contribution in [0.3, 0.4) is 0 Å². The van der Waals surface area contributed by atoms with Gasteiger partial charge in [0.1, 0.15) is 5.01 Å². The van der Waals surface area contributed by atoms with E-state index < -0.39 is 0 Å². The average molecular weight is 229 g/mol. The summed E-state index contributed by atoms with van der Waals surface area (Å²) in [6, 6.07) is 10.3. The summed E-state index contributed by atoms with van der Waals surface area (Å²) in [5.41, 5.74) is 2.43. The van der Waals surface area contributed by atoms with Gasteiger partial charge in [-0.2, -0.15) is 0 Å². The normalized spacial score (nSPS) is 11.1. The van der Waals surface area contributed by atoms with Crippen molar-refractivity contribution in [1.82, 2.24) is 4.98 Å². The predicted octanol–water partition coefficient (Wildman–Crippen LogP) is 4.27. The summed E-state index contributed by atoms with van der Waals surface area (Å²) in [6.45, 7) is 2.18. The van der Waals surface area contributed by atoms with Crippen molar-refractivity contribution in [3.8, 4) is 0 Å². The van der Waals surface area contributed by atoms with E-state index in [2.05, 4.69) is 41.6 Å². The van der Waals surface area contributed by atoms with Crippen LogP contribution < -0.4 is 0 Å². The zero-order valence-corrected chi connectivity index (χ0v) is 10.2. The number of thiazole rings is 1. The van der Waals surface area contributed by atoms with Gasteiger partial charge >= 0.3 is 0 Å². The maximum absolute atomic E-state index is 4.55. The Morgan fingerprint density at radius 1 is 1.19 bits per heavy atom. The summed E-state index contributed by atoms with van der Waals surface area (Å²) in [7, 11) is 0. The quantitative estimate of drug-likeness (QED) is 0.763. The monoisotopic (exact) mass is 229 g/mol. The first kappa shape index (κ1) is 11.1. The predicted molar refractivity (Wildman–Crippen MR) is 71.5 cm³/mol. The van der Waals surface area contributed by atoms with Crippen molar-refractivity contribution >= 4 is 23.5 Å². The van der Waals surface area contributed by atoms with E-state index in [-0.39, 0.29) is 0 Å². The highest BCUT2D eigenvalue weighted by Gasteiger charge is 1.97. The topological polar surface area (TPSA) is 12.9 Å². The van der Waals surface area contributed by atoms with E-state index in [0.29, 0.717) is 0 Å². The van der Waals surface area contributed by atoms with E-state index in [4.69, 9.17) is 0 Å². The molecule has 2 heteroatoms. The molecule has 1 heterocycles. The molecule has 0 saturated heterocycles. The summed E-state index contributed by atoms with van der Waals surface area (Å²) in [4.78, 5) is 4.55. The molecule has 0 amide bonds. The lowest BCUT2D eigenvalue weighted by Gasteiger charge is -1.90. The molecule has 0 N–H and O–H groups in total. The van der Waals surface area contributed by atoms with Gasteiger partial charge < -0.3 is 0 Å². The Hall–Kier alpha value is -1.41. The van der Waals surface area contributed by atoms with Gasteiger partial charge in [-0.3, -0.25) is 0 Å². The number of hydrogen-bond donors (Lipinski definition) is 0. The van der Waals surface area contributed by atoms with Gasteiger partial charge in [0, 0.05) is 5.38 Å². The minimum absolute atomic E-state index is 1.08. The summed E-state index contributed by atoms with van der Waals surface area (Å²) >= 11 is 1.71. The Balaban J connectivity index is 2.06. The summed E-state index contributed by atoms with van der Waals surface area (Å²) in [5.74, 6) is 0. The van der Waals surface area contributed by atoms with Crippen molar-refractivity contribution in [2.45, 2.75) is 19.8 Å². The molecule has 0 saturated carbocycles. The van der Waals surface area contributed by atoms with Gasteiger partial charge in [-0.25, -0.2) is 4.98 Å². The Bertz CT molecular complexity index is 457. The average Bonchev–Trinajstić information content (AvgIpc) is 2.76. The fraction of sp³-hybridized carbons (Fsp3) is 0.214. The standard InChI is InChI=1S/C14H15NS/c1-2-6-13-11-16-14(15-13)10-9-12-7-4-3-5-8-12/h3-5,7-11H,2,6H2,1H3. The Labute approximate surface area is 100 Å². The molecule has 16 heavy (non-hydrogen) atoms. The minimum atomic E-state index is 1.08. The molecule has 0 radical (unpaired) electrons. The zero-order chi connectivity index (χ0) is 11.2. The number of benzene rings is 1. The molecule has 1 nitrogen and oxygen atoms in total. The van der Waals surface area contributed by atoms with Crippen LogP contribution in [0.4, 0.5) is 0 Å². The first-order valence-electron chi connectivity index (χ1n) is 5.56. The molecule has 0 fully saturated rings. The van der Waals surface area contributed by atoms with Crippen LogP contribution >= 0.6 is 11.3 Å². The number of aryl methyl sites for hydroxylation is 1. The van der Waals surface area contributed by atoms with Crippen LogP contribution in [0.1, 0.15) is 29.6 Å². The lowest BCUT2D eigenvalue weighted by molar-refractivity contribution is 0.891. The van der Waals surface area contributed by atoms with Gasteiger partial charge in [0.05, 0.1) is 5.69 Å². The molecule has 0 aliphatic carbocycles. The summed E-state index contributed by atoms with van der Waals surface area (Å²) < 4.78 is 0. The Kier molecular flexibility index (Phi) is 3.89. The van der Waals surface area contributed by atoms with Crippen LogP contribution in [0.5, 0.6) is 0 Å². The van der Waals surface area contributed by atoms with Crippen molar-refractivity contribution < 1.29 is 0 Å². The summed E-state index contributed by atoms with van der Waals surface area (Å²) in [5, 5.41) is 3.24. The van der Waals surface area contributed by atoms with Crippen LogP contribution in [0.25, 0.3) is 12.2 Å². The van der Waals surface area contributed by atoms with Crippen LogP contribution in [0.15, 0.2) is 35.7 Å². The van der Waals surface area contributed by atoms with Crippen molar-refractivity contribution in [2.75, 3.05) is 0 Å². The molecular weight excluding hydrogens is 214 g/mol. The third kappa shape index (κ3) is 3.04. The second-order valence-corrected chi connectivity index (χ2v) is 4.56. The Morgan fingerprint density at radius 3 is 2.75 bits per heavy atom. The lowest BCUT2D eigenvalue weighted by Crippen LogP contribution is -1.81. The number of aromatic nitrogens is 1. The highest BCUT2D eigenvalue weighted by molar-refractivity contribution is 7.10. The smallest absolute Gasteiger partial charge is 0.116 e. The van der Waals surface area contributed by atoms with Crippen molar-refractivity contribution in [3.05, 3.63) is 52.0 Å². The molecular formula is C14H15NS. The van der Waals surface area contributed by atoms with E-state index in [9.17, 15) is 0 Å². The first-order chi connectivity index (χ1) is 7.88. The first-order valence-corrected chi connectivity index (χ1v) is 6.44.